The molecule has 1 fully saturated rings. The van der Waals surface area contributed by atoms with Gasteiger partial charge in [0.25, 0.3) is 11.8 Å². The lowest BCUT2D eigenvalue weighted by Gasteiger charge is -2.28. The molecule has 3 aromatic carbocycles. The van der Waals surface area contributed by atoms with E-state index in [1.165, 1.54) is 23.1 Å². The topological polar surface area (TPSA) is 66.9 Å². The Balaban J connectivity index is 1.68. The summed E-state index contributed by atoms with van der Waals surface area (Å²) in [5, 5.41) is 0. The zero-order valence-corrected chi connectivity index (χ0v) is 19.3. The first-order valence-corrected chi connectivity index (χ1v) is 11.0. The van der Waals surface area contributed by atoms with E-state index in [4.69, 9.17) is 4.74 Å². The average Bonchev–Trinajstić information content (AvgIpc) is 3.11. The smallest absolute Gasteiger partial charge is 0.257 e. The summed E-state index contributed by atoms with van der Waals surface area (Å²) in [7, 11) is 1.55. The molecular formula is C25H20BrFN2O4. The molecule has 1 saturated heterocycles. The highest BCUT2D eigenvalue weighted by atomic mass is 79.9. The number of nitrogens with zero attached hydrogens (tertiary/aromatic N) is 2. The van der Waals surface area contributed by atoms with Crippen LogP contribution in [-0.2, 0) is 16.1 Å². The zero-order valence-electron chi connectivity index (χ0n) is 17.7. The Morgan fingerprint density at radius 3 is 2.42 bits per heavy atom. The Hall–Kier alpha value is -3.52. The fraction of sp³-hybridized carbons (Fsp3) is 0.160. The molecule has 0 spiro atoms. The predicted molar refractivity (Wildman–Crippen MR) is 124 cm³/mol. The molecule has 0 bridgehead atoms. The highest BCUT2D eigenvalue weighted by Gasteiger charge is 2.44. The van der Waals surface area contributed by atoms with Gasteiger partial charge in [0, 0.05) is 16.6 Å². The number of rotatable bonds is 6. The monoisotopic (exact) mass is 510 g/mol. The molecule has 6 nitrogen and oxygen atoms in total. The molecular weight excluding hydrogens is 491 g/mol. The number of methoxy groups -OCH3 is 1. The number of halogens is 2. The van der Waals surface area contributed by atoms with Gasteiger partial charge in [-0.1, -0.05) is 34.1 Å². The van der Waals surface area contributed by atoms with E-state index in [0.717, 1.165) is 21.0 Å². The Morgan fingerprint density at radius 2 is 1.79 bits per heavy atom. The summed E-state index contributed by atoms with van der Waals surface area (Å²) < 4.78 is 19.8. The van der Waals surface area contributed by atoms with Crippen LogP contribution in [0.4, 0.5) is 10.1 Å². The summed E-state index contributed by atoms with van der Waals surface area (Å²) in [4.78, 5) is 42.0. The predicted octanol–water partition coefficient (Wildman–Crippen LogP) is 4.57. The first-order chi connectivity index (χ1) is 15.9. The molecule has 1 aliphatic rings. The molecule has 4 rings (SSSR count). The second-order valence-corrected chi connectivity index (χ2v) is 8.47. The summed E-state index contributed by atoms with van der Waals surface area (Å²) in [6.07, 6.45) is -0.161. The molecule has 0 aromatic heterocycles. The van der Waals surface area contributed by atoms with Gasteiger partial charge in [-0.2, -0.15) is 0 Å². The number of carbonyl (C=O) groups excluding carboxylic acids is 3. The van der Waals surface area contributed by atoms with Crippen molar-refractivity contribution in [1.82, 2.24) is 4.90 Å². The molecule has 0 radical (unpaired) electrons. The molecule has 0 aliphatic carbocycles. The van der Waals surface area contributed by atoms with E-state index in [1.807, 2.05) is 0 Å². The highest BCUT2D eigenvalue weighted by molar-refractivity contribution is 9.10. The Morgan fingerprint density at radius 1 is 1.09 bits per heavy atom. The lowest BCUT2D eigenvalue weighted by Crippen LogP contribution is -2.45. The molecule has 0 unspecified atom stereocenters. The quantitative estimate of drug-likeness (QED) is 0.455. The fourth-order valence-electron chi connectivity index (χ4n) is 3.76. The van der Waals surface area contributed by atoms with Crippen LogP contribution in [0.25, 0.3) is 0 Å². The second-order valence-electron chi connectivity index (χ2n) is 7.56. The molecule has 3 aromatic rings. The van der Waals surface area contributed by atoms with Crippen molar-refractivity contribution < 1.29 is 23.5 Å². The molecule has 0 N–H and O–H groups in total. The van der Waals surface area contributed by atoms with Gasteiger partial charge in [0.1, 0.15) is 17.6 Å². The first-order valence-electron chi connectivity index (χ1n) is 10.2. The van der Waals surface area contributed by atoms with Gasteiger partial charge >= 0.3 is 0 Å². The van der Waals surface area contributed by atoms with Crippen molar-refractivity contribution in [2.24, 2.45) is 0 Å². The van der Waals surface area contributed by atoms with Crippen LogP contribution in [0.1, 0.15) is 22.3 Å². The number of benzene rings is 3. The third-order valence-electron chi connectivity index (χ3n) is 5.43. The number of anilines is 1. The van der Waals surface area contributed by atoms with Gasteiger partial charge in [0.05, 0.1) is 19.2 Å². The first kappa shape index (κ1) is 22.7. The van der Waals surface area contributed by atoms with Gasteiger partial charge < -0.3 is 9.64 Å². The maximum absolute atomic E-state index is 13.8. The summed E-state index contributed by atoms with van der Waals surface area (Å²) >= 11 is 3.34. The van der Waals surface area contributed by atoms with Crippen molar-refractivity contribution in [1.29, 1.82) is 0 Å². The molecule has 0 saturated carbocycles. The maximum atomic E-state index is 13.8. The molecule has 1 atom stereocenters. The Kier molecular flexibility index (Phi) is 6.55. The maximum Gasteiger partial charge on any atom is 0.257 e. The van der Waals surface area contributed by atoms with E-state index in [-0.39, 0.29) is 18.5 Å². The largest absolute Gasteiger partial charge is 0.497 e. The minimum absolute atomic E-state index is 0.0667. The third kappa shape index (κ3) is 4.80. The van der Waals surface area contributed by atoms with Crippen LogP contribution < -0.4 is 9.64 Å². The number of hydrogen-bond donors (Lipinski definition) is 0. The summed E-state index contributed by atoms with van der Waals surface area (Å²) in [6.45, 7) is 0.0667. The summed E-state index contributed by atoms with van der Waals surface area (Å²) in [5.74, 6) is -1.35. The van der Waals surface area contributed by atoms with Crippen molar-refractivity contribution in [2.75, 3.05) is 12.0 Å². The molecule has 1 aliphatic heterocycles. The van der Waals surface area contributed by atoms with Crippen LogP contribution >= 0.6 is 15.9 Å². The van der Waals surface area contributed by atoms with E-state index in [2.05, 4.69) is 15.9 Å². The molecule has 33 heavy (non-hydrogen) atoms. The Bertz CT molecular complexity index is 1200. The van der Waals surface area contributed by atoms with Crippen LogP contribution in [0.15, 0.2) is 77.3 Å². The van der Waals surface area contributed by atoms with E-state index < -0.39 is 29.6 Å². The fourth-order valence-corrected chi connectivity index (χ4v) is 4.02. The van der Waals surface area contributed by atoms with Gasteiger partial charge in [-0.25, -0.2) is 9.29 Å². The van der Waals surface area contributed by atoms with Crippen molar-refractivity contribution >= 4 is 39.3 Å². The minimum atomic E-state index is -1.01. The van der Waals surface area contributed by atoms with Gasteiger partial charge in [-0.05, 0) is 60.2 Å². The van der Waals surface area contributed by atoms with Gasteiger partial charge in [0.15, 0.2) is 0 Å². The average molecular weight is 511 g/mol. The number of carbonyl (C=O) groups is 3. The highest BCUT2D eigenvalue weighted by Crippen LogP contribution is 2.29. The van der Waals surface area contributed by atoms with Crippen LogP contribution in [-0.4, -0.2) is 35.8 Å². The van der Waals surface area contributed by atoms with Crippen LogP contribution in [0, 0.1) is 5.82 Å². The van der Waals surface area contributed by atoms with Gasteiger partial charge in [-0.15, -0.1) is 0 Å². The zero-order chi connectivity index (χ0) is 23.5. The SMILES string of the molecule is COc1ccc(CN(C(=O)c2cccc(F)c2)[C@H]2CC(=O)N(c3ccc(Br)cc3)C2=O)cc1. The van der Waals surface area contributed by atoms with Crippen molar-refractivity contribution in [2.45, 2.75) is 19.0 Å². The number of amides is 3. The summed E-state index contributed by atoms with van der Waals surface area (Å²) in [6, 6.07) is 18.1. The van der Waals surface area contributed by atoms with Crippen LogP contribution in [0.5, 0.6) is 5.75 Å². The molecule has 168 valence electrons. The van der Waals surface area contributed by atoms with E-state index in [9.17, 15) is 18.8 Å². The lowest BCUT2D eigenvalue weighted by atomic mass is 10.1. The molecule has 1 heterocycles. The molecule has 8 heteroatoms. The van der Waals surface area contributed by atoms with Crippen molar-refractivity contribution in [3.8, 4) is 5.75 Å². The van der Waals surface area contributed by atoms with Crippen LogP contribution in [0.2, 0.25) is 0 Å². The minimum Gasteiger partial charge on any atom is -0.497 e. The summed E-state index contributed by atoms with van der Waals surface area (Å²) in [5.41, 5.74) is 1.27. The normalized spacial score (nSPS) is 15.6. The van der Waals surface area contributed by atoms with Crippen LogP contribution in [0.3, 0.4) is 0 Å². The van der Waals surface area contributed by atoms with E-state index in [1.54, 1.807) is 55.6 Å². The number of hydrogen-bond acceptors (Lipinski definition) is 4. The van der Waals surface area contributed by atoms with E-state index >= 15 is 0 Å². The van der Waals surface area contributed by atoms with Crippen molar-refractivity contribution in [3.63, 3.8) is 0 Å². The number of ether oxygens (including phenoxy) is 1. The van der Waals surface area contributed by atoms with E-state index in [0.29, 0.717) is 11.4 Å². The van der Waals surface area contributed by atoms with Crippen molar-refractivity contribution in [3.05, 3.63) is 94.2 Å². The molecule has 3 amide bonds. The van der Waals surface area contributed by atoms with Gasteiger partial charge in [0.2, 0.25) is 5.91 Å². The number of imide groups is 1. The van der Waals surface area contributed by atoms with Gasteiger partial charge in [-0.3, -0.25) is 14.4 Å². The third-order valence-corrected chi connectivity index (χ3v) is 5.96. The second kappa shape index (κ2) is 9.54. The standard InChI is InChI=1S/C25H20BrFN2O4/c1-33-21-11-5-16(6-12-21)15-28(24(31)17-3-2-4-19(27)13-17)22-14-23(30)29(25(22)32)20-9-7-18(26)8-10-20/h2-13,22H,14-15H2,1H3/t22-/m0/s1. The lowest BCUT2D eigenvalue weighted by molar-refractivity contribution is -0.122. The Labute approximate surface area is 198 Å².